The lowest BCUT2D eigenvalue weighted by Gasteiger charge is -2.39. The summed E-state index contributed by atoms with van der Waals surface area (Å²) in [6.45, 7) is 0. The maximum atomic E-state index is 12.3. The Kier molecular flexibility index (Phi) is 3.24. The number of amides is 1. The number of aromatic hydroxyl groups is 1. The number of anilines is 1. The molecule has 0 atom stereocenters. The Hall–Kier alpha value is -3.27. The molecule has 1 heterocycles. The third-order valence-corrected chi connectivity index (χ3v) is 4.23. The summed E-state index contributed by atoms with van der Waals surface area (Å²) >= 11 is 0. The number of cyclic esters (lactones) is 1. The largest absolute Gasteiger partial charge is 0.508 e. The number of phenols is 1. The molecule has 0 spiro atoms. The van der Waals surface area contributed by atoms with E-state index in [-0.39, 0.29) is 5.75 Å². The topological polar surface area (TPSA) is 58.6 Å². The third kappa shape index (κ3) is 2.12. The molecule has 0 aliphatic carbocycles. The Labute approximate surface area is 139 Å². The smallest absolute Gasteiger partial charge is 0.413 e. The maximum Gasteiger partial charge on any atom is 0.413 e. The van der Waals surface area contributed by atoms with Crippen molar-refractivity contribution >= 4 is 11.8 Å². The number of fused-ring (bicyclic) bond motifs is 1. The highest BCUT2D eigenvalue weighted by Crippen LogP contribution is 2.47. The van der Waals surface area contributed by atoms with E-state index >= 15 is 0 Å². The van der Waals surface area contributed by atoms with E-state index in [2.05, 4.69) is 5.32 Å². The molecule has 0 aromatic heterocycles. The molecule has 0 bridgehead atoms. The second kappa shape index (κ2) is 5.42. The van der Waals surface area contributed by atoms with Crippen LogP contribution in [0.5, 0.6) is 5.75 Å². The minimum Gasteiger partial charge on any atom is -0.508 e. The standard InChI is InChI=1S/C20H15NO3/c22-16-11-12-18-17(13-16)20(24-19(23)21-18,14-7-3-1-4-8-14)15-9-5-2-6-10-15/h1-13,22H,(H,21,23). The van der Waals surface area contributed by atoms with Gasteiger partial charge in [-0.15, -0.1) is 0 Å². The van der Waals surface area contributed by atoms with Gasteiger partial charge in [0.1, 0.15) is 5.75 Å². The zero-order chi connectivity index (χ0) is 16.6. The summed E-state index contributed by atoms with van der Waals surface area (Å²) in [5, 5.41) is 12.7. The summed E-state index contributed by atoms with van der Waals surface area (Å²) < 4.78 is 5.87. The van der Waals surface area contributed by atoms with Crippen LogP contribution in [0.3, 0.4) is 0 Å². The number of hydrogen-bond donors (Lipinski definition) is 2. The van der Waals surface area contributed by atoms with Crippen molar-refractivity contribution in [2.45, 2.75) is 5.60 Å². The molecule has 3 aromatic rings. The zero-order valence-corrected chi connectivity index (χ0v) is 12.8. The van der Waals surface area contributed by atoms with Gasteiger partial charge < -0.3 is 9.84 Å². The van der Waals surface area contributed by atoms with Crippen molar-refractivity contribution in [3.05, 3.63) is 95.6 Å². The Morgan fingerprint density at radius 1 is 0.833 bits per heavy atom. The second-order valence-electron chi connectivity index (χ2n) is 5.66. The van der Waals surface area contributed by atoms with Crippen LogP contribution in [0.15, 0.2) is 78.9 Å². The quantitative estimate of drug-likeness (QED) is 0.695. The van der Waals surface area contributed by atoms with Crippen molar-refractivity contribution in [2.75, 3.05) is 5.32 Å². The van der Waals surface area contributed by atoms with Crippen molar-refractivity contribution in [3.8, 4) is 5.75 Å². The number of hydrogen-bond acceptors (Lipinski definition) is 3. The molecule has 4 nitrogen and oxygen atoms in total. The first-order chi connectivity index (χ1) is 11.7. The Bertz CT molecular complexity index is 852. The molecule has 0 saturated heterocycles. The van der Waals surface area contributed by atoms with Crippen molar-refractivity contribution < 1.29 is 14.6 Å². The van der Waals surface area contributed by atoms with E-state index in [0.29, 0.717) is 11.3 Å². The first-order valence-corrected chi connectivity index (χ1v) is 7.65. The van der Waals surface area contributed by atoms with Crippen LogP contribution >= 0.6 is 0 Å². The van der Waals surface area contributed by atoms with Crippen molar-refractivity contribution in [2.24, 2.45) is 0 Å². The molecule has 3 aromatic carbocycles. The Balaban J connectivity index is 2.09. The van der Waals surface area contributed by atoms with Gasteiger partial charge in [0.05, 0.1) is 5.69 Å². The van der Waals surface area contributed by atoms with Gasteiger partial charge in [-0.2, -0.15) is 0 Å². The van der Waals surface area contributed by atoms with Gasteiger partial charge in [-0.1, -0.05) is 60.7 Å². The van der Waals surface area contributed by atoms with Crippen LogP contribution in [0.4, 0.5) is 10.5 Å². The molecule has 0 unspecified atom stereocenters. The predicted molar refractivity (Wildman–Crippen MR) is 91.0 cm³/mol. The normalized spacial score (nSPS) is 15.1. The molecule has 0 radical (unpaired) electrons. The van der Waals surface area contributed by atoms with Crippen LogP contribution < -0.4 is 5.32 Å². The molecule has 1 amide bonds. The molecule has 4 heteroatoms. The van der Waals surface area contributed by atoms with Crippen molar-refractivity contribution in [1.82, 2.24) is 0 Å². The maximum absolute atomic E-state index is 12.3. The molecule has 1 aliphatic rings. The minimum absolute atomic E-state index is 0.115. The molecular formula is C20H15NO3. The van der Waals surface area contributed by atoms with Gasteiger partial charge in [-0.05, 0) is 18.2 Å². The number of carbonyl (C=O) groups excluding carboxylic acids is 1. The summed E-state index contributed by atoms with van der Waals surface area (Å²) in [5.74, 6) is 0.115. The number of phenolic OH excluding ortho intramolecular Hbond substituents is 1. The Morgan fingerprint density at radius 3 is 2.00 bits per heavy atom. The van der Waals surface area contributed by atoms with Gasteiger partial charge in [0.2, 0.25) is 0 Å². The molecule has 24 heavy (non-hydrogen) atoms. The van der Waals surface area contributed by atoms with Crippen molar-refractivity contribution in [3.63, 3.8) is 0 Å². The van der Waals surface area contributed by atoms with Crippen LogP contribution in [0.2, 0.25) is 0 Å². The number of rotatable bonds is 2. The van der Waals surface area contributed by atoms with Gasteiger partial charge >= 0.3 is 6.09 Å². The summed E-state index contributed by atoms with van der Waals surface area (Å²) in [4.78, 5) is 12.3. The average Bonchev–Trinajstić information content (AvgIpc) is 2.63. The lowest BCUT2D eigenvalue weighted by molar-refractivity contribution is 0.0737. The highest BCUT2D eigenvalue weighted by atomic mass is 16.6. The highest BCUT2D eigenvalue weighted by Gasteiger charge is 2.45. The molecule has 0 saturated carbocycles. The first kappa shape index (κ1) is 14.3. The predicted octanol–water partition coefficient (Wildman–Crippen LogP) is 4.25. The van der Waals surface area contributed by atoms with E-state index in [1.807, 2.05) is 60.7 Å². The van der Waals surface area contributed by atoms with E-state index in [4.69, 9.17) is 4.74 Å². The van der Waals surface area contributed by atoms with E-state index in [1.54, 1.807) is 18.2 Å². The molecule has 2 N–H and O–H groups in total. The molecule has 118 valence electrons. The number of ether oxygens (including phenoxy) is 1. The number of benzene rings is 3. The SMILES string of the molecule is O=C1Nc2ccc(O)cc2C(c2ccccc2)(c2ccccc2)O1. The Morgan fingerprint density at radius 2 is 1.42 bits per heavy atom. The van der Waals surface area contributed by atoms with Crippen LogP contribution in [-0.2, 0) is 10.3 Å². The van der Waals surface area contributed by atoms with E-state index < -0.39 is 11.7 Å². The highest BCUT2D eigenvalue weighted by molar-refractivity contribution is 5.90. The monoisotopic (exact) mass is 317 g/mol. The average molecular weight is 317 g/mol. The van der Waals surface area contributed by atoms with E-state index in [0.717, 1.165) is 11.1 Å². The lowest BCUT2D eigenvalue weighted by atomic mass is 9.78. The second-order valence-corrected chi connectivity index (χ2v) is 5.66. The third-order valence-electron chi connectivity index (χ3n) is 4.23. The minimum atomic E-state index is -1.11. The molecule has 1 aliphatic heterocycles. The van der Waals surface area contributed by atoms with Gasteiger partial charge in [-0.3, -0.25) is 5.32 Å². The van der Waals surface area contributed by atoms with Gasteiger partial charge in [0.25, 0.3) is 0 Å². The summed E-state index contributed by atoms with van der Waals surface area (Å²) in [6, 6.07) is 24.0. The van der Waals surface area contributed by atoms with Gasteiger partial charge in [0.15, 0.2) is 5.60 Å². The van der Waals surface area contributed by atoms with Crippen LogP contribution in [-0.4, -0.2) is 11.2 Å². The fraction of sp³-hybridized carbons (Fsp3) is 0.0500. The van der Waals surface area contributed by atoms with Crippen molar-refractivity contribution in [1.29, 1.82) is 0 Å². The molecule has 0 fully saturated rings. The van der Waals surface area contributed by atoms with Crippen LogP contribution in [0.25, 0.3) is 0 Å². The first-order valence-electron chi connectivity index (χ1n) is 7.65. The molecule has 4 rings (SSSR count). The fourth-order valence-electron chi connectivity index (χ4n) is 3.20. The lowest BCUT2D eigenvalue weighted by Crippen LogP contribution is -2.41. The summed E-state index contributed by atoms with van der Waals surface area (Å²) in [6.07, 6.45) is -0.527. The van der Waals surface area contributed by atoms with Crippen LogP contribution in [0, 0.1) is 0 Å². The number of carbonyl (C=O) groups is 1. The molecular weight excluding hydrogens is 302 g/mol. The van der Waals surface area contributed by atoms with Gasteiger partial charge in [0, 0.05) is 16.7 Å². The van der Waals surface area contributed by atoms with E-state index in [1.165, 1.54) is 0 Å². The summed E-state index contributed by atoms with van der Waals surface area (Å²) in [7, 11) is 0. The fourth-order valence-corrected chi connectivity index (χ4v) is 3.20. The summed E-state index contributed by atoms with van der Waals surface area (Å²) in [5.41, 5.74) is 1.84. The number of nitrogens with one attached hydrogen (secondary N) is 1. The van der Waals surface area contributed by atoms with E-state index in [9.17, 15) is 9.90 Å². The zero-order valence-electron chi connectivity index (χ0n) is 12.8. The van der Waals surface area contributed by atoms with Crippen LogP contribution in [0.1, 0.15) is 16.7 Å². The van der Waals surface area contributed by atoms with Gasteiger partial charge in [-0.25, -0.2) is 4.79 Å².